The lowest BCUT2D eigenvalue weighted by Gasteiger charge is -2.27. The Bertz CT molecular complexity index is 1010. The lowest BCUT2D eigenvalue weighted by Crippen LogP contribution is -2.41. The maximum Gasteiger partial charge on any atom is 0.195 e. The monoisotopic (exact) mass is 402 g/mol. The van der Waals surface area contributed by atoms with Gasteiger partial charge in [-0.15, -0.1) is 4.72 Å². The van der Waals surface area contributed by atoms with Crippen molar-refractivity contribution in [3.05, 3.63) is 69.3 Å². The molecule has 3 aromatic rings. The van der Waals surface area contributed by atoms with Crippen LogP contribution in [0.3, 0.4) is 0 Å². The molecule has 1 heterocycles. The molecule has 1 aromatic heterocycles. The Morgan fingerprint density at radius 3 is 2.41 bits per heavy atom. The second-order valence-electron chi connectivity index (χ2n) is 7.49. The molecule has 142 valence electrons. The summed E-state index contributed by atoms with van der Waals surface area (Å²) >= 11 is 5.02. The number of hydrogen-bond acceptors (Lipinski definition) is 3. The second kappa shape index (κ2) is 7.68. The quantitative estimate of drug-likeness (QED) is 0.606. The Morgan fingerprint density at radius 2 is 1.78 bits per heavy atom. The standard InChI is InChI=1S/C21H23ClN2O2S/c1-13(24-27(26)21(2,3)4)17-18(14-9-6-5-7-10-14)23-19-15(20(17)25)11-8-12-16(19)22/h5-13,24H,1-4H3,(H,23,25). The molecular formula is C21H23ClN2O2S. The van der Waals surface area contributed by atoms with Gasteiger partial charge in [-0.1, -0.05) is 48.0 Å². The van der Waals surface area contributed by atoms with Gasteiger partial charge in [-0.05, 0) is 45.4 Å². The topological polar surface area (TPSA) is 67.9 Å². The van der Waals surface area contributed by atoms with Gasteiger partial charge in [0.05, 0.1) is 22.3 Å². The Morgan fingerprint density at radius 1 is 1.11 bits per heavy atom. The third-order valence-corrected chi connectivity index (χ3v) is 6.35. The fraction of sp³-hybridized carbons (Fsp3) is 0.286. The van der Waals surface area contributed by atoms with Gasteiger partial charge in [0.15, 0.2) is 5.43 Å². The summed E-state index contributed by atoms with van der Waals surface area (Å²) in [6.07, 6.45) is 0. The highest BCUT2D eigenvalue weighted by molar-refractivity contribution is 7.90. The largest absolute Gasteiger partial charge is 0.598 e. The molecule has 4 nitrogen and oxygen atoms in total. The van der Waals surface area contributed by atoms with Gasteiger partial charge >= 0.3 is 0 Å². The molecule has 0 spiro atoms. The molecule has 0 aliphatic carbocycles. The summed E-state index contributed by atoms with van der Waals surface area (Å²) in [5, 5.41) is 1.01. The molecule has 2 unspecified atom stereocenters. The number of aromatic nitrogens is 1. The predicted octanol–water partition coefficient (Wildman–Crippen LogP) is 4.96. The van der Waals surface area contributed by atoms with Crippen LogP contribution in [-0.4, -0.2) is 14.3 Å². The van der Waals surface area contributed by atoms with Crippen molar-refractivity contribution in [3.63, 3.8) is 0 Å². The molecular weight excluding hydrogens is 380 g/mol. The molecule has 0 amide bonds. The maximum atomic E-state index is 13.3. The molecule has 0 fully saturated rings. The molecule has 3 rings (SSSR count). The summed E-state index contributed by atoms with van der Waals surface area (Å²) in [4.78, 5) is 16.7. The number of H-pyrrole nitrogens is 1. The number of nitrogens with one attached hydrogen (secondary N) is 2. The van der Waals surface area contributed by atoms with Crippen LogP contribution in [0.2, 0.25) is 5.02 Å². The van der Waals surface area contributed by atoms with Gasteiger partial charge in [0.25, 0.3) is 0 Å². The molecule has 0 bridgehead atoms. The first kappa shape index (κ1) is 20.0. The van der Waals surface area contributed by atoms with Crippen LogP contribution in [-0.2, 0) is 11.4 Å². The first-order valence-corrected chi connectivity index (χ1v) is 10.3. The van der Waals surface area contributed by atoms with E-state index in [2.05, 4.69) is 9.71 Å². The average Bonchev–Trinajstić information content (AvgIpc) is 2.62. The Kier molecular flexibility index (Phi) is 5.68. The number of pyridine rings is 1. The minimum absolute atomic E-state index is 0.115. The van der Waals surface area contributed by atoms with Crippen molar-refractivity contribution in [2.75, 3.05) is 0 Å². The van der Waals surface area contributed by atoms with E-state index in [0.717, 1.165) is 5.56 Å². The number of aromatic amines is 1. The van der Waals surface area contributed by atoms with Crippen molar-refractivity contribution in [1.29, 1.82) is 0 Å². The number of fused-ring (bicyclic) bond motifs is 1. The van der Waals surface area contributed by atoms with E-state index in [9.17, 15) is 9.35 Å². The lowest BCUT2D eigenvalue weighted by molar-refractivity contribution is 0.531. The van der Waals surface area contributed by atoms with Gasteiger partial charge in [0.2, 0.25) is 0 Å². The minimum Gasteiger partial charge on any atom is -0.598 e. The summed E-state index contributed by atoms with van der Waals surface area (Å²) in [6, 6.07) is 14.5. The third-order valence-electron chi connectivity index (χ3n) is 4.36. The normalized spacial score (nSPS) is 14.3. The first-order chi connectivity index (χ1) is 12.7. The zero-order valence-electron chi connectivity index (χ0n) is 15.8. The molecule has 2 atom stereocenters. The van der Waals surface area contributed by atoms with Crippen molar-refractivity contribution >= 4 is 33.9 Å². The number of benzene rings is 2. The highest BCUT2D eigenvalue weighted by Crippen LogP contribution is 2.30. The molecule has 27 heavy (non-hydrogen) atoms. The van der Waals surface area contributed by atoms with Crippen molar-refractivity contribution in [3.8, 4) is 11.3 Å². The minimum atomic E-state index is -1.31. The number of para-hydroxylation sites is 1. The summed E-state index contributed by atoms with van der Waals surface area (Å²) in [6.45, 7) is 7.54. The fourth-order valence-electron chi connectivity index (χ4n) is 2.93. The van der Waals surface area contributed by atoms with Crippen molar-refractivity contribution in [2.24, 2.45) is 0 Å². The van der Waals surface area contributed by atoms with Gasteiger partial charge in [0, 0.05) is 22.3 Å². The van der Waals surface area contributed by atoms with Crippen LogP contribution in [0.1, 0.15) is 39.3 Å². The van der Waals surface area contributed by atoms with Crippen LogP contribution in [0.15, 0.2) is 53.3 Å². The van der Waals surface area contributed by atoms with Crippen LogP contribution in [0.4, 0.5) is 0 Å². The third kappa shape index (κ3) is 4.06. The average molecular weight is 403 g/mol. The predicted molar refractivity (Wildman–Crippen MR) is 114 cm³/mol. The zero-order valence-corrected chi connectivity index (χ0v) is 17.4. The van der Waals surface area contributed by atoms with Gasteiger partial charge in [0.1, 0.15) is 4.75 Å². The summed E-state index contributed by atoms with van der Waals surface area (Å²) < 4.78 is 15.2. The van der Waals surface area contributed by atoms with Crippen molar-refractivity contribution < 1.29 is 4.55 Å². The first-order valence-electron chi connectivity index (χ1n) is 8.78. The van der Waals surface area contributed by atoms with E-state index in [1.807, 2.05) is 58.0 Å². The molecule has 0 saturated heterocycles. The SMILES string of the molecule is CC(N[S+]([O-])C(C)(C)C)c1c(-c2ccccc2)[nH]c2c(Cl)cccc2c1=O. The zero-order chi connectivity index (χ0) is 19.8. The number of rotatable bonds is 4. The molecule has 0 aliphatic rings. The van der Waals surface area contributed by atoms with E-state index in [0.29, 0.717) is 27.2 Å². The van der Waals surface area contributed by atoms with E-state index in [4.69, 9.17) is 11.6 Å². The van der Waals surface area contributed by atoms with Crippen LogP contribution in [0.25, 0.3) is 22.2 Å². The number of halogens is 1. The molecule has 2 aromatic carbocycles. The van der Waals surface area contributed by atoms with E-state index < -0.39 is 22.2 Å². The molecule has 6 heteroatoms. The molecule has 0 radical (unpaired) electrons. The van der Waals surface area contributed by atoms with Crippen LogP contribution < -0.4 is 10.2 Å². The molecule has 2 N–H and O–H groups in total. The summed E-state index contributed by atoms with van der Waals surface area (Å²) in [5.74, 6) is 0. The van der Waals surface area contributed by atoms with Gasteiger partial charge in [-0.3, -0.25) is 4.79 Å². The summed E-state index contributed by atoms with van der Waals surface area (Å²) in [5.41, 5.74) is 2.61. The Hall–Kier alpha value is -1.79. The van der Waals surface area contributed by atoms with Gasteiger partial charge in [-0.25, -0.2) is 0 Å². The van der Waals surface area contributed by atoms with Crippen molar-refractivity contribution in [1.82, 2.24) is 9.71 Å². The smallest absolute Gasteiger partial charge is 0.195 e. The Balaban J connectivity index is 2.23. The number of hydrogen-bond donors (Lipinski definition) is 2. The van der Waals surface area contributed by atoms with Crippen LogP contribution in [0, 0.1) is 0 Å². The van der Waals surface area contributed by atoms with E-state index in [-0.39, 0.29) is 5.43 Å². The summed E-state index contributed by atoms with van der Waals surface area (Å²) in [7, 11) is 0. The van der Waals surface area contributed by atoms with Crippen molar-refractivity contribution in [2.45, 2.75) is 38.5 Å². The lowest BCUT2D eigenvalue weighted by atomic mass is 9.98. The second-order valence-corrected chi connectivity index (χ2v) is 9.90. The highest BCUT2D eigenvalue weighted by atomic mass is 35.5. The van der Waals surface area contributed by atoms with Gasteiger partial charge in [-0.2, -0.15) is 0 Å². The van der Waals surface area contributed by atoms with Crippen LogP contribution >= 0.6 is 11.6 Å². The maximum absolute atomic E-state index is 13.3. The molecule has 0 saturated carbocycles. The fourth-order valence-corrected chi connectivity index (χ4v) is 3.95. The van der Waals surface area contributed by atoms with Gasteiger partial charge < -0.3 is 9.54 Å². The van der Waals surface area contributed by atoms with E-state index in [1.54, 1.807) is 18.2 Å². The highest BCUT2D eigenvalue weighted by Gasteiger charge is 2.30. The molecule has 0 aliphatic heterocycles. The van der Waals surface area contributed by atoms with Crippen LogP contribution in [0.5, 0.6) is 0 Å². The van der Waals surface area contributed by atoms with E-state index in [1.165, 1.54) is 0 Å². The van der Waals surface area contributed by atoms with E-state index >= 15 is 0 Å². The Labute approximate surface area is 167 Å².